The molecule has 0 bridgehead atoms. The number of allylic oxidation sites excluding steroid dienone is 2. The topological polar surface area (TPSA) is 37.4 Å². The van der Waals surface area contributed by atoms with Crippen LogP contribution in [0.2, 0.25) is 0 Å². The van der Waals surface area contributed by atoms with Gasteiger partial charge in [-0.1, -0.05) is 11.1 Å². The van der Waals surface area contributed by atoms with Gasteiger partial charge in [0.1, 0.15) is 11.6 Å². The first-order chi connectivity index (χ1) is 9.90. The van der Waals surface area contributed by atoms with Crippen molar-refractivity contribution in [2.75, 3.05) is 4.90 Å². The van der Waals surface area contributed by atoms with Crippen LogP contribution in [-0.4, -0.2) is 11.8 Å². The molecular weight excluding hydrogens is 276 g/mol. The van der Waals surface area contributed by atoms with E-state index >= 15 is 0 Å². The van der Waals surface area contributed by atoms with Crippen LogP contribution in [0.4, 0.5) is 14.5 Å². The number of carbonyl (C=O) groups is 2. The number of hydrogen-bond acceptors (Lipinski definition) is 2. The zero-order valence-corrected chi connectivity index (χ0v) is 11.8. The van der Waals surface area contributed by atoms with Crippen molar-refractivity contribution in [3.8, 4) is 0 Å². The van der Waals surface area contributed by atoms with Crippen LogP contribution in [-0.2, 0) is 9.59 Å². The molecule has 0 spiro atoms. The number of anilines is 1. The van der Waals surface area contributed by atoms with Gasteiger partial charge in [0.15, 0.2) is 0 Å². The van der Waals surface area contributed by atoms with Gasteiger partial charge in [0.2, 0.25) is 11.8 Å². The molecule has 0 N–H and O–H groups in total. The third-order valence-corrected chi connectivity index (χ3v) is 4.49. The Morgan fingerprint density at radius 2 is 1.52 bits per heavy atom. The monoisotopic (exact) mass is 291 g/mol. The van der Waals surface area contributed by atoms with Crippen molar-refractivity contribution in [1.82, 2.24) is 0 Å². The highest BCUT2D eigenvalue weighted by atomic mass is 19.1. The molecule has 3 nitrogen and oxygen atoms in total. The highest BCUT2D eigenvalue weighted by Gasteiger charge is 2.50. The Morgan fingerprint density at radius 3 is 2.00 bits per heavy atom. The zero-order chi connectivity index (χ0) is 15.3. The largest absolute Gasteiger partial charge is 0.274 e. The molecule has 110 valence electrons. The van der Waals surface area contributed by atoms with Crippen molar-refractivity contribution in [2.45, 2.75) is 26.7 Å². The van der Waals surface area contributed by atoms with E-state index in [-0.39, 0.29) is 17.5 Å². The van der Waals surface area contributed by atoms with Gasteiger partial charge in [-0.15, -0.1) is 0 Å². The maximum absolute atomic E-state index is 13.9. The maximum atomic E-state index is 13.9. The minimum absolute atomic E-state index is 0.156. The molecule has 1 aliphatic heterocycles. The highest BCUT2D eigenvalue weighted by Crippen LogP contribution is 2.42. The number of carbonyl (C=O) groups excluding carboxylic acids is 2. The molecule has 0 unspecified atom stereocenters. The van der Waals surface area contributed by atoms with Gasteiger partial charge in [0.05, 0.1) is 17.5 Å². The van der Waals surface area contributed by atoms with Gasteiger partial charge in [-0.2, -0.15) is 0 Å². The van der Waals surface area contributed by atoms with Crippen molar-refractivity contribution in [1.29, 1.82) is 0 Å². The number of rotatable bonds is 1. The summed E-state index contributed by atoms with van der Waals surface area (Å²) in [5.74, 6) is -3.25. The Kier molecular flexibility index (Phi) is 3.15. The summed E-state index contributed by atoms with van der Waals surface area (Å²) in [4.78, 5) is 25.8. The van der Waals surface area contributed by atoms with E-state index in [4.69, 9.17) is 0 Å². The van der Waals surface area contributed by atoms with Crippen molar-refractivity contribution in [3.05, 3.63) is 41.0 Å². The van der Waals surface area contributed by atoms with Crippen molar-refractivity contribution >= 4 is 17.5 Å². The number of hydrogen-bond donors (Lipinski definition) is 0. The third kappa shape index (κ3) is 2.07. The predicted octanol–water partition coefficient (Wildman–Crippen LogP) is 3.20. The number of halogens is 2. The third-order valence-electron chi connectivity index (χ3n) is 4.49. The van der Waals surface area contributed by atoms with Crippen LogP contribution in [0, 0.1) is 23.5 Å². The fourth-order valence-electron chi connectivity index (χ4n) is 3.15. The summed E-state index contributed by atoms with van der Waals surface area (Å²) in [7, 11) is 0. The van der Waals surface area contributed by atoms with Gasteiger partial charge in [-0.05, 0) is 38.8 Å². The Bertz CT molecular complexity index is 649. The van der Waals surface area contributed by atoms with Crippen LogP contribution in [0.1, 0.15) is 26.7 Å². The first-order valence-corrected chi connectivity index (χ1v) is 6.88. The summed E-state index contributed by atoms with van der Waals surface area (Å²) in [5.41, 5.74) is 2.06. The number of nitrogens with zero attached hydrogens (tertiary/aromatic N) is 1. The van der Waals surface area contributed by atoms with Gasteiger partial charge in [0.25, 0.3) is 0 Å². The van der Waals surface area contributed by atoms with E-state index in [0.29, 0.717) is 18.9 Å². The second-order valence-electron chi connectivity index (χ2n) is 5.79. The molecule has 21 heavy (non-hydrogen) atoms. The van der Waals surface area contributed by atoms with Gasteiger partial charge < -0.3 is 0 Å². The minimum Gasteiger partial charge on any atom is -0.274 e. The highest BCUT2D eigenvalue weighted by molar-refractivity contribution is 6.22. The fourth-order valence-corrected chi connectivity index (χ4v) is 3.15. The van der Waals surface area contributed by atoms with E-state index in [1.54, 1.807) is 0 Å². The van der Waals surface area contributed by atoms with Crippen LogP contribution in [0.3, 0.4) is 0 Å². The van der Waals surface area contributed by atoms with Gasteiger partial charge in [0, 0.05) is 6.07 Å². The molecular formula is C16H15F2NO2. The lowest BCUT2D eigenvalue weighted by Gasteiger charge is -2.23. The van der Waals surface area contributed by atoms with Crippen LogP contribution in [0.15, 0.2) is 29.3 Å². The average molecular weight is 291 g/mol. The number of imide groups is 1. The van der Waals surface area contributed by atoms with Crippen LogP contribution >= 0.6 is 0 Å². The molecule has 1 aliphatic carbocycles. The molecule has 2 amide bonds. The Balaban J connectivity index is 2.00. The number of benzene rings is 1. The smallest absolute Gasteiger partial charge is 0.238 e. The molecule has 2 aliphatic rings. The van der Waals surface area contributed by atoms with Crippen LogP contribution in [0.25, 0.3) is 0 Å². The van der Waals surface area contributed by atoms with Crippen molar-refractivity contribution in [2.24, 2.45) is 11.8 Å². The number of amides is 2. The molecule has 1 fully saturated rings. The Labute approximate surface area is 121 Å². The molecule has 5 heteroatoms. The summed E-state index contributed by atoms with van der Waals surface area (Å²) in [6.45, 7) is 3.90. The van der Waals surface area contributed by atoms with Crippen molar-refractivity contribution < 1.29 is 18.4 Å². The van der Waals surface area contributed by atoms with E-state index in [9.17, 15) is 18.4 Å². The quantitative estimate of drug-likeness (QED) is 0.588. The van der Waals surface area contributed by atoms with Crippen LogP contribution in [0.5, 0.6) is 0 Å². The molecule has 2 atom stereocenters. The van der Waals surface area contributed by atoms with Gasteiger partial charge in [-0.25, -0.2) is 13.7 Å². The predicted molar refractivity (Wildman–Crippen MR) is 73.4 cm³/mol. The zero-order valence-electron chi connectivity index (χ0n) is 11.8. The van der Waals surface area contributed by atoms with Crippen LogP contribution < -0.4 is 4.90 Å². The summed E-state index contributed by atoms with van der Waals surface area (Å²) in [5, 5.41) is 0. The van der Waals surface area contributed by atoms with Gasteiger partial charge in [-0.3, -0.25) is 9.59 Å². The molecule has 0 aromatic heterocycles. The van der Waals surface area contributed by atoms with Gasteiger partial charge >= 0.3 is 0 Å². The molecule has 3 rings (SSSR count). The minimum atomic E-state index is -0.892. The summed E-state index contributed by atoms with van der Waals surface area (Å²) in [6, 6.07) is 2.88. The Hall–Kier alpha value is -2.04. The molecule has 0 radical (unpaired) electrons. The Morgan fingerprint density at radius 1 is 1.00 bits per heavy atom. The number of fused-ring (bicyclic) bond motifs is 1. The van der Waals surface area contributed by atoms with E-state index < -0.39 is 23.5 Å². The SMILES string of the molecule is CC1=C(C)C[C@H]2C(=O)N(c3ccc(F)cc3F)C(=O)[C@H]2C1. The second kappa shape index (κ2) is 4.76. The summed E-state index contributed by atoms with van der Waals surface area (Å²) >= 11 is 0. The van der Waals surface area contributed by atoms with E-state index in [2.05, 4.69) is 0 Å². The second-order valence-corrected chi connectivity index (χ2v) is 5.79. The van der Waals surface area contributed by atoms with E-state index in [1.165, 1.54) is 0 Å². The lowest BCUT2D eigenvalue weighted by molar-refractivity contribution is -0.122. The summed E-state index contributed by atoms with van der Waals surface area (Å²) in [6.07, 6.45) is 1.06. The molecule has 1 aromatic rings. The molecule has 0 saturated carbocycles. The van der Waals surface area contributed by atoms with E-state index in [1.807, 2.05) is 13.8 Å². The average Bonchev–Trinajstić information content (AvgIpc) is 2.64. The normalized spacial score (nSPS) is 25.6. The summed E-state index contributed by atoms with van der Waals surface area (Å²) < 4.78 is 26.9. The standard InChI is InChI=1S/C16H15F2NO2/c1-8-5-11-12(6-9(8)2)16(21)19(15(11)20)14-4-3-10(17)7-13(14)18/h3-4,7,11-12H,5-6H2,1-2H3/t11-,12+. The first kappa shape index (κ1) is 13.9. The fraction of sp³-hybridized carbons (Fsp3) is 0.375. The van der Waals surface area contributed by atoms with E-state index in [0.717, 1.165) is 28.2 Å². The van der Waals surface area contributed by atoms with Crippen molar-refractivity contribution in [3.63, 3.8) is 0 Å². The molecule has 1 saturated heterocycles. The first-order valence-electron chi connectivity index (χ1n) is 6.88. The lowest BCUT2D eigenvalue weighted by Crippen LogP contribution is -2.31. The molecule has 1 aromatic carbocycles. The molecule has 1 heterocycles. The lowest BCUT2D eigenvalue weighted by atomic mass is 9.78. The maximum Gasteiger partial charge on any atom is 0.238 e.